The first kappa shape index (κ1) is 21.0. The molecule has 3 nitrogen and oxygen atoms in total. The molecule has 0 spiro atoms. The van der Waals surface area contributed by atoms with Crippen LogP contribution in [-0.4, -0.2) is 12.5 Å². The largest absolute Gasteiger partial charge is 0.355 e. The van der Waals surface area contributed by atoms with E-state index in [0.29, 0.717) is 0 Å². The van der Waals surface area contributed by atoms with Crippen molar-refractivity contribution in [2.24, 2.45) is 5.41 Å². The number of hydrogen-bond acceptors (Lipinski definition) is 2. The highest BCUT2D eigenvalue weighted by Gasteiger charge is 2.50. The predicted octanol–water partition coefficient (Wildman–Crippen LogP) is 5.89. The second-order valence-electron chi connectivity index (χ2n) is 7.55. The van der Waals surface area contributed by atoms with Crippen molar-refractivity contribution in [3.8, 4) is 6.07 Å². The highest BCUT2D eigenvalue weighted by atomic mass is 16.2. The molecule has 0 aliphatic heterocycles. The van der Waals surface area contributed by atoms with Crippen LogP contribution in [-0.2, 0) is 4.79 Å². The van der Waals surface area contributed by atoms with Crippen molar-refractivity contribution < 1.29 is 4.79 Å². The first-order chi connectivity index (χ1) is 11.7. The van der Waals surface area contributed by atoms with Crippen LogP contribution >= 0.6 is 0 Å². The lowest BCUT2D eigenvalue weighted by atomic mass is 10.0. The highest BCUT2D eigenvalue weighted by Crippen LogP contribution is 2.44. The summed E-state index contributed by atoms with van der Waals surface area (Å²) in [4.78, 5) is 11.8. The number of amides is 1. The fourth-order valence-electron chi connectivity index (χ4n) is 3.21. The molecular weight excluding hydrogens is 296 g/mol. The van der Waals surface area contributed by atoms with E-state index >= 15 is 0 Å². The van der Waals surface area contributed by atoms with Gasteiger partial charge in [0.25, 0.3) is 0 Å². The maximum Gasteiger partial charge on any atom is 0.240 e. The normalized spacial score (nSPS) is 15.0. The molecule has 0 aromatic heterocycles. The van der Waals surface area contributed by atoms with Crippen molar-refractivity contribution in [2.45, 2.75) is 110 Å². The molecule has 0 unspecified atom stereocenters. The molecule has 0 aromatic carbocycles. The van der Waals surface area contributed by atoms with Crippen molar-refractivity contribution in [1.29, 1.82) is 5.26 Å². The van der Waals surface area contributed by atoms with E-state index in [2.05, 4.69) is 18.3 Å². The van der Waals surface area contributed by atoms with Gasteiger partial charge in [-0.2, -0.15) is 5.26 Å². The Kier molecular flexibility index (Phi) is 11.6. The van der Waals surface area contributed by atoms with Gasteiger partial charge in [0.05, 0.1) is 6.07 Å². The van der Waals surface area contributed by atoms with Crippen molar-refractivity contribution >= 4 is 5.91 Å². The molecule has 1 amide bonds. The van der Waals surface area contributed by atoms with Crippen LogP contribution in [0.2, 0.25) is 0 Å². The lowest BCUT2D eigenvalue weighted by molar-refractivity contribution is -0.124. The van der Waals surface area contributed by atoms with E-state index in [4.69, 9.17) is 5.26 Å². The molecule has 138 valence electrons. The molecule has 3 heteroatoms. The Bertz CT molecular complexity index is 369. The van der Waals surface area contributed by atoms with Gasteiger partial charge in [-0.3, -0.25) is 4.79 Å². The fraction of sp³-hybridized carbons (Fsp3) is 0.905. The van der Waals surface area contributed by atoms with Gasteiger partial charge in [0.1, 0.15) is 5.41 Å². The number of nitriles is 1. The van der Waals surface area contributed by atoms with Crippen LogP contribution in [0.25, 0.3) is 0 Å². The summed E-state index contributed by atoms with van der Waals surface area (Å²) < 4.78 is 0. The Morgan fingerprint density at radius 3 is 1.62 bits per heavy atom. The molecule has 0 bridgehead atoms. The molecule has 1 saturated carbocycles. The number of unbranched alkanes of at least 4 members (excludes halogenated alkanes) is 13. The molecule has 1 fully saturated rings. The van der Waals surface area contributed by atoms with Gasteiger partial charge in [-0.15, -0.1) is 0 Å². The monoisotopic (exact) mass is 334 g/mol. The molecule has 0 radical (unpaired) electrons. The molecule has 1 N–H and O–H groups in total. The Balaban J connectivity index is 1.74. The van der Waals surface area contributed by atoms with E-state index in [1.54, 1.807) is 0 Å². The SMILES string of the molecule is CCCCCCCCCCCCCCCCNC(=O)C1(C#N)CC1. The van der Waals surface area contributed by atoms with Crippen LogP contribution in [0.5, 0.6) is 0 Å². The van der Waals surface area contributed by atoms with E-state index in [-0.39, 0.29) is 5.91 Å². The van der Waals surface area contributed by atoms with Gasteiger partial charge in [-0.1, -0.05) is 90.4 Å². The van der Waals surface area contributed by atoms with Gasteiger partial charge in [-0.05, 0) is 19.3 Å². The molecule has 24 heavy (non-hydrogen) atoms. The minimum absolute atomic E-state index is 0.0419. The third kappa shape index (κ3) is 9.30. The quantitative estimate of drug-likeness (QED) is 0.358. The number of carbonyl (C=O) groups is 1. The summed E-state index contributed by atoms with van der Waals surface area (Å²) in [5.74, 6) is -0.0419. The summed E-state index contributed by atoms with van der Waals surface area (Å²) in [6.45, 7) is 3.01. The van der Waals surface area contributed by atoms with Crippen LogP contribution in [0.15, 0.2) is 0 Å². The van der Waals surface area contributed by atoms with E-state index in [9.17, 15) is 4.79 Å². The third-order valence-corrected chi connectivity index (χ3v) is 5.21. The summed E-state index contributed by atoms with van der Waals surface area (Å²) in [6, 6.07) is 2.14. The molecule has 0 heterocycles. The van der Waals surface area contributed by atoms with Crippen LogP contribution < -0.4 is 5.32 Å². The molecule has 0 saturated heterocycles. The number of nitrogens with zero attached hydrogens (tertiary/aromatic N) is 1. The highest BCUT2D eigenvalue weighted by molar-refractivity contribution is 5.88. The van der Waals surface area contributed by atoms with Gasteiger partial charge >= 0.3 is 0 Å². The van der Waals surface area contributed by atoms with Crippen LogP contribution in [0.3, 0.4) is 0 Å². The van der Waals surface area contributed by atoms with Gasteiger partial charge in [0.2, 0.25) is 5.91 Å². The van der Waals surface area contributed by atoms with Crippen molar-refractivity contribution in [3.05, 3.63) is 0 Å². The maximum atomic E-state index is 11.8. The Hall–Kier alpha value is -1.04. The average Bonchev–Trinajstić information content (AvgIpc) is 3.39. The zero-order valence-electron chi connectivity index (χ0n) is 15.9. The first-order valence-electron chi connectivity index (χ1n) is 10.4. The molecule has 1 aliphatic carbocycles. The molecule has 0 atom stereocenters. The van der Waals surface area contributed by atoms with Gasteiger partial charge in [0, 0.05) is 6.54 Å². The summed E-state index contributed by atoms with van der Waals surface area (Å²) >= 11 is 0. The maximum absolute atomic E-state index is 11.8. The minimum Gasteiger partial charge on any atom is -0.355 e. The Morgan fingerprint density at radius 2 is 1.25 bits per heavy atom. The van der Waals surface area contributed by atoms with E-state index in [0.717, 1.165) is 25.8 Å². The Labute approximate surface area is 149 Å². The zero-order valence-corrected chi connectivity index (χ0v) is 15.9. The smallest absolute Gasteiger partial charge is 0.240 e. The van der Waals surface area contributed by atoms with E-state index in [1.807, 2.05) is 0 Å². The summed E-state index contributed by atoms with van der Waals surface area (Å²) in [5.41, 5.74) is -0.657. The van der Waals surface area contributed by atoms with Crippen LogP contribution in [0.4, 0.5) is 0 Å². The fourth-order valence-corrected chi connectivity index (χ4v) is 3.21. The van der Waals surface area contributed by atoms with Gasteiger partial charge in [-0.25, -0.2) is 0 Å². The first-order valence-corrected chi connectivity index (χ1v) is 10.4. The summed E-state index contributed by atoms with van der Waals surface area (Å²) in [5, 5.41) is 11.9. The molecule has 1 rings (SSSR count). The minimum atomic E-state index is -0.657. The number of hydrogen-bond donors (Lipinski definition) is 1. The van der Waals surface area contributed by atoms with Crippen molar-refractivity contribution in [3.63, 3.8) is 0 Å². The average molecular weight is 335 g/mol. The number of rotatable bonds is 16. The second-order valence-corrected chi connectivity index (χ2v) is 7.55. The van der Waals surface area contributed by atoms with Crippen molar-refractivity contribution in [1.82, 2.24) is 5.32 Å². The van der Waals surface area contributed by atoms with E-state index < -0.39 is 5.41 Å². The molecular formula is C21H38N2O. The van der Waals surface area contributed by atoms with Gasteiger partial charge in [0.15, 0.2) is 0 Å². The van der Waals surface area contributed by atoms with Gasteiger partial charge < -0.3 is 5.32 Å². The predicted molar refractivity (Wildman–Crippen MR) is 101 cm³/mol. The Morgan fingerprint density at radius 1 is 0.833 bits per heavy atom. The van der Waals surface area contributed by atoms with E-state index in [1.165, 1.54) is 83.5 Å². The summed E-state index contributed by atoms with van der Waals surface area (Å²) in [7, 11) is 0. The molecule has 0 aromatic rings. The number of nitrogens with one attached hydrogen (secondary N) is 1. The van der Waals surface area contributed by atoms with Crippen LogP contribution in [0, 0.1) is 16.7 Å². The standard InChI is InChI=1S/C21H38N2O/c1-2-3-4-5-6-7-8-9-10-11-12-13-14-15-18-23-20(24)21(19-22)16-17-21/h2-18H2,1H3,(H,23,24). The van der Waals surface area contributed by atoms with Crippen molar-refractivity contribution in [2.75, 3.05) is 6.54 Å². The lowest BCUT2D eigenvalue weighted by Gasteiger charge is -2.07. The third-order valence-electron chi connectivity index (χ3n) is 5.21. The zero-order chi connectivity index (χ0) is 17.5. The lowest BCUT2D eigenvalue weighted by Crippen LogP contribution is -2.31. The second kappa shape index (κ2) is 13.3. The number of carbonyl (C=O) groups excluding carboxylic acids is 1. The van der Waals surface area contributed by atoms with Crippen LogP contribution in [0.1, 0.15) is 110 Å². The topological polar surface area (TPSA) is 52.9 Å². The summed E-state index contributed by atoms with van der Waals surface area (Å²) in [6.07, 6.45) is 20.3. The molecule has 1 aliphatic rings.